The van der Waals surface area contributed by atoms with E-state index in [2.05, 4.69) is 9.20 Å². The van der Waals surface area contributed by atoms with E-state index in [-0.39, 0.29) is 6.61 Å². The maximum Gasteiger partial charge on any atom is 0.499 e. The molecule has 0 fully saturated rings. The van der Waals surface area contributed by atoms with E-state index < -0.39 is 7.82 Å². The van der Waals surface area contributed by atoms with Crippen molar-refractivity contribution in [2.75, 3.05) is 0 Å². The van der Waals surface area contributed by atoms with E-state index in [0.29, 0.717) is 0 Å². The molecule has 1 atom stereocenters. The van der Waals surface area contributed by atoms with Gasteiger partial charge in [0.15, 0.2) is 0 Å². The molecule has 0 aliphatic heterocycles. The van der Waals surface area contributed by atoms with Gasteiger partial charge in [0.25, 0.3) is 0 Å². The van der Waals surface area contributed by atoms with Crippen molar-refractivity contribution in [3.05, 3.63) is 48.0 Å². The number of phosphoric acid groups is 1. The van der Waals surface area contributed by atoms with Gasteiger partial charge in [0.1, 0.15) is 0 Å². The van der Waals surface area contributed by atoms with Crippen LogP contribution in [0, 0.1) is 0 Å². The maximum absolute atomic E-state index is 11.0. The third-order valence-electron chi connectivity index (χ3n) is 2.37. The fourth-order valence-electron chi connectivity index (χ4n) is 1.59. The van der Waals surface area contributed by atoms with Crippen molar-refractivity contribution >= 4 is 18.6 Å². The molecule has 0 aromatic heterocycles. The van der Waals surface area contributed by atoms with Gasteiger partial charge in [-0.15, -0.1) is 4.67 Å². The molecule has 0 bridgehead atoms. The lowest BCUT2D eigenvalue weighted by molar-refractivity contribution is -0.163. The topological polar surface area (TPSA) is 76.0 Å². The van der Waals surface area contributed by atoms with Gasteiger partial charge >= 0.3 is 7.82 Å². The normalized spacial score (nSPS) is 14.7. The molecular weight excluding hydrogens is 243 g/mol. The maximum atomic E-state index is 11.0. The van der Waals surface area contributed by atoms with Crippen molar-refractivity contribution in [1.29, 1.82) is 0 Å². The van der Waals surface area contributed by atoms with Crippen LogP contribution in [0.15, 0.2) is 42.5 Å². The number of phosphoric ester groups is 1. The highest BCUT2D eigenvalue weighted by atomic mass is 31.2. The average Bonchev–Trinajstić information content (AvgIpc) is 2.36. The summed E-state index contributed by atoms with van der Waals surface area (Å²) in [5.74, 6) is 0. The second-order valence-electron chi connectivity index (χ2n) is 3.46. The van der Waals surface area contributed by atoms with Gasteiger partial charge in [0.2, 0.25) is 0 Å². The largest absolute Gasteiger partial charge is 0.499 e. The molecule has 0 heterocycles. The minimum absolute atomic E-state index is 0.115. The summed E-state index contributed by atoms with van der Waals surface area (Å²) in [4.78, 5) is 8.92. The Morgan fingerprint density at radius 2 is 1.82 bits per heavy atom. The molecule has 17 heavy (non-hydrogen) atoms. The molecule has 0 aliphatic carbocycles. The number of fused-ring (bicyclic) bond motifs is 1. The lowest BCUT2D eigenvalue weighted by atomic mass is 10.1. The molecule has 90 valence electrons. The van der Waals surface area contributed by atoms with Crippen LogP contribution in [0.5, 0.6) is 0 Å². The molecule has 2 aromatic carbocycles. The zero-order chi connectivity index (χ0) is 12.3. The van der Waals surface area contributed by atoms with E-state index in [0.717, 1.165) is 16.3 Å². The van der Waals surface area contributed by atoms with Crippen LogP contribution in [0.1, 0.15) is 5.56 Å². The highest BCUT2D eigenvalue weighted by molar-refractivity contribution is 7.47. The molecule has 1 unspecified atom stereocenters. The predicted molar refractivity (Wildman–Crippen MR) is 62.3 cm³/mol. The van der Waals surface area contributed by atoms with Crippen LogP contribution in [0.4, 0.5) is 0 Å². The molecule has 0 radical (unpaired) electrons. The van der Waals surface area contributed by atoms with Gasteiger partial charge < -0.3 is 4.89 Å². The van der Waals surface area contributed by atoms with Gasteiger partial charge in [-0.25, -0.2) is 9.82 Å². The van der Waals surface area contributed by atoms with E-state index in [1.807, 2.05) is 36.4 Å². The molecule has 2 aromatic rings. The molecular formula is C11H11O5P. The van der Waals surface area contributed by atoms with Crippen molar-refractivity contribution in [3.63, 3.8) is 0 Å². The van der Waals surface area contributed by atoms with Crippen LogP contribution in [-0.4, -0.2) is 10.2 Å². The molecule has 0 saturated heterocycles. The first-order valence-corrected chi connectivity index (χ1v) is 6.39. The Hall–Kier alpha value is -1.23. The molecule has 6 heteroatoms. The summed E-state index contributed by atoms with van der Waals surface area (Å²) in [6, 6.07) is 13.1. The molecule has 2 N–H and O–H groups in total. The van der Waals surface area contributed by atoms with Crippen LogP contribution in [0.2, 0.25) is 0 Å². The first-order chi connectivity index (χ1) is 8.12. The molecule has 0 aliphatic rings. The first-order valence-electron chi connectivity index (χ1n) is 4.89. The molecule has 2 rings (SSSR count). The number of hydrogen-bond donors (Lipinski definition) is 2. The van der Waals surface area contributed by atoms with E-state index in [1.165, 1.54) is 0 Å². The molecule has 0 spiro atoms. The second kappa shape index (κ2) is 4.96. The summed E-state index contributed by atoms with van der Waals surface area (Å²) in [7, 11) is -4.36. The van der Waals surface area contributed by atoms with Crippen LogP contribution >= 0.6 is 7.82 Å². The van der Waals surface area contributed by atoms with Gasteiger partial charge in [-0.3, -0.25) is 4.52 Å². The predicted octanol–water partition coefficient (Wildman–Crippen LogP) is 2.95. The van der Waals surface area contributed by atoms with Gasteiger partial charge in [-0.2, -0.15) is 0 Å². The monoisotopic (exact) mass is 254 g/mol. The SMILES string of the molecule is O=P(O)(OO)OCc1cccc2ccccc12. The Bertz CT molecular complexity index is 563. The van der Waals surface area contributed by atoms with Crippen LogP contribution in [0.25, 0.3) is 10.8 Å². The zero-order valence-electron chi connectivity index (χ0n) is 8.81. The van der Waals surface area contributed by atoms with Crippen LogP contribution < -0.4 is 0 Å². The Labute approximate surface area is 97.8 Å². The van der Waals surface area contributed by atoms with Crippen molar-refractivity contribution in [1.82, 2.24) is 0 Å². The summed E-state index contributed by atoms with van der Waals surface area (Å²) in [5.41, 5.74) is 0.745. The Balaban J connectivity index is 2.27. The van der Waals surface area contributed by atoms with Crippen molar-refractivity contribution in [2.24, 2.45) is 0 Å². The highest BCUT2D eigenvalue weighted by Crippen LogP contribution is 2.43. The van der Waals surface area contributed by atoms with Crippen molar-refractivity contribution < 1.29 is 23.9 Å². The highest BCUT2D eigenvalue weighted by Gasteiger charge is 2.20. The molecule has 0 saturated carbocycles. The summed E-state index contributed by atoms with van der Waals surface area (Å²) in [6.07, 6.45) is 0. The quantitative estimate of drug-likeness (QED) is 0.498. The third-order valence-corrected chi connectivity index (χ3v) is 3.03. The standard InChI is InChI=1S/C11H11O5P/c12-16-17(13,14)15-8-10-6-3-5-9-4-1-2-7-11(9)10/h1-7,12H,8H2,(H,13,14). The smallest absolute Gasteiger partial charge is 0.301 e. The first kappa shape index (κ1) is 12.2. The van der Waals surface area contributed by atoms with E-state index in [4.69, 9.17) is 10.2 Å². The molecule has 5 nitrogen and oxygen atoms in total. The van der Waals surface area contributed by atoms with Crippen molar-refractivity contribution in [3.8, 4) is 0 Å². The Morgan fingerprint density at radius 3 is 2.59 bits per heavy atom. The second-order valence-corrected chi connectivity index (χ2v) is 4.82. The van der Waals surface area contributed by atoms with E-state index in [9.17, 15) is 4.57 Å². The summed E-state index contributed by atoms with van der Waals surface area (Å²) < 4.78 is 18.9. The fraction of sp³-hybridized carbons (Fsp3) is 0.0909. The molecule has 0 amide bonds. The minimum atomic E-state index is -4.36. The fourth-order valence-corrected chi connectivity index (χ4v) is 1.94. The van der Waals surface area contributed by atoms with Crippen molar-refractivity contribution in [2.45, 2.75) is 6.61 Å². The number of benzene rings is 2. The Morgan fingerprint density at radius 1 is 1.12 bits per heavy atom. The average molecular weight is 254 g/mol. The lowest BCUT2D eigenvalue weighted by Crippen LogP contribution is -1.94. The minimum Gasteiger partial charge on any atom is -0.301 e. The Kier molecular flexibility index (Phi) is 3.57. The third kappa shape index (κ3) is 2.91. The van der Waals surface area contributed by atoms with Gasteiger partial charge in [0.05, 0.1) is 6.61 Å². The zero-order valence-corrected chi connectivity index (χ0v) is 9.71. The van der Waals surface area contributed by atoms with E-state index in [1.54, 1.807) is 6.07 Å². The van der Waals surface area contributed by atoms with E-state index >= 15 is 0 Å². The van der Waals surface area contributed by atoms with Gasteiger partial charge in [-0.05, 0) is 16.3 Å². The van der Waals surface area contributed by atoms with Gasteiger partial charge in [0, 0.05) is 0 Å². The summed E-state index contributed by atoms with van der Waals surface area (Å²) in [6.45, 7) is -0.115. The number of hydrogen-bond acceptors (Lipinski definition) is 4. The summed E-state index contributed by atoms with van der Waals surface area (Å²) in [5, 5.41) is 10.1. The van der Waals surface area contributed by atoms with Crippen LogP contribution in [0.3, 0.4) is 0 Å². The van der Waals surface area contributed by atoms with Crippen LogP contribution in [-0.2, 0) is 20.4 Å². The summed E-state index contributed by atoms with van der Waals surface area (Å²) >= 11 is 0. The van der Waals surface area contributed by atoms with Gasteiger partial charge in [-0.1, -0.05) is 42.5 Å². The number of rotatable bonds is 4. The lowest BCUT2D eigenvalue weighted by Gasteiger charge is -2.09.